The molecule has 2 rings (SSSR count). The van der Waals surface area contributed by atoms with E-state index in [0.29, 0.717) is 11.6 Å². The van der Waals surface area contributed by atoms with Gasteiger partial charge < -0.3 is 5.32 Å². The van der Waals surface area contributed by atoms with Gasteiger partial charge in [0.1, 0.15) is 5.82 Å². The number of aryl methyl sites for hydroxylation is 1. The molecule has 0 aliphatic rings. The highest BCUT2D eigenvalue weighted by Crippen LogP contribution is 2.14. The molecule has 3 N–H and O–H groups in total. The van der Waals surface area contributed by atoms with Crippen molar-refractivity contribution in [3.8, 4) is 0 Å². The van der Waals surface area contributed by atoms with Crippen molar-refractivity contribution >= 4 is 11.7 Å². The zero-order valence-electron chi connectivity index (χ0n) is 10.8. The lowest BCUT2D eigenvalue weighted by molar-refractivity contribution is 0.101. The third-order valence-electron chi connectivity index (χ3n) is 2.74. The summed E-state index contributed by atoms with van der Waals surface area (Å²) < 4.78 is 0. The van der Waals surface area contributed by atoms with Crippen molar-refractivity contribution in [3.63, 3.8) is 0 Å². The molecule has 0 aliphatic heterocycles. The van der Waals surface area contributed by atoms with E-state index in [9.17, 15) is 4.79 Å². The molecule has 0 saturated carbocycles. The Bertz CT molecular complexity index is 568. The van der Waals surface area contributed by atoms with Crippen molar-refractivity contribution in [2.75, 3.05) is 5.32 Å². The van der Waals surface area contributed by atoms with Crippen molar-refractivity contribution in [1.82, 2.24) is 25.4 Å². The van der Waals surface area contributed by atoms with E-state index in [1.165, 1.54) is 0 Å². The predicted octanol–water partition coefficient (Wildman–Crippen LogP) is 1.52. The minimum Gasteiger partial charge on any atom is -0.302 e. The van der Waals surface area contributed by atoms with Gasteiger partial charge in [-0.3, -0.25) is 15.0 Å². The number of anilines is 1. The highest BCUT2D eigenvalue weighted by atomic mass is 16.2. The number of nitrogens with one attached hydrogen (secondary N) is 3. The van der Waals surface area contributed by atoms with Crippen LogP contribution in [0.1, 0.15) is 47.5 Å². The summed E-state index contributed by atoms with van der Waals surface area (Å²) in [6, 6.07) is 0. The second kappa shape index (κ2) is 4.59. The Morgan fingerprint density at radius 3 is 2.44 bits per heavy atom. The molecule has 2 heterocycles. The molecule has 0 aliphatic carbocycles. The lowest BCUT2D eigenvalue weighted by Crippen LogP contribution is -2.14. The first-order valence-electron chi connectivity index (χ1n) is 5.74. The normalized spacial score (nSPS) is 10.9. The summed E-state index contributed by atoms with van der Waals surface area (Å²) in [6.07, 6.45) is 0. The zero-order chi connectivity index (χ0) is 13.3. The molecule has 0 spiro atoms. The smallest absolute Gasteiger partial charge is 0.296 e. The first-order chi connectivity index (χ1) is 8.49. The number of rotatable bonds is 3. The molecule has 2 aromatic rings. The molecule has 0 atom stereocenters. The Hall–Kier alpha value is -2.18. The Labute approximate surface area is 104 Å². The largest absolute Gasteiger partial charge is 0.302 e. The summed E-state index contributed by atoms with van der Waals surface area (Å²) in [7, 11) is 0. The van der Waals surface area contributed by atoms with Crippen LogP contribution in [0.15, 0.2) is 0 Å². The van der Waals surface area contributed by atoms with Crippen LogP contribution >= 0.6 is 0 Å². The van der Waals surface area contributed by atoms with E-state index >= 15 is 0 Å². The van der Waals surface area contributed by atoms with Gasteiger partial charge in [0.25, 0.3) is 5.91 Å². The van der Waals surface area contributed by atoms with Crippen LogP contribution in [-0.4, -0.2) is 31.3 Å². The van der Waals surface area contributed by atoms with Crippen molar-refractivity contribution in [2.45, 2.75) is 33.6 Å². The van der Waals surface area contributed by atoms with E-state index in [-0.39, 0.29) is 17.6 Å². The molecule has 7 nitrogen and oxygen atoms in total. The minimum atomic E-state index is -0.368. The third kappa shape index (κ3) is 2.24. The number of aromatic amines is 2. The third-order valence-corrected chi connectivity index (χ3v) is 2.74. The van der Waals surface area contributed by atoms with Crippen molar-refractivity contribution < 1.29 is 4.79 Å². The van der Waals surface area contributed by atoms with Crippen LogP contribution in [0, 0.1) is 13.8 Å². The molecule has 0 bridgehead atoms. The van der Waals surface area contributed by atoms with Gasteiger partial charge in [0.2, 0.25) is 5.82 Å². The monoisotopic (exact) mass is 248 g/mol. The van der Waals surface area contributed by atoms with Gasteiger partial charge in [-0.05, 0) is 13.8 Å². The van der Waals surface area contributed by atoms with Gasteiger partial charge in [-0.2, -0.15) is 5.10 Å². The molecule has 0 unspecified atom stereocenters. The van der Waals surface area contributed by atoms with Gasteiger partial charge >= 0.3 is 0 Å². The van der Waals surface area contributed by atoms with Crippen LogP contribution in [0.3, 0.4) is 0 Å². The van der Waals surface area contributed by atoms with Gasteiger partial charge in [-0.25, -0.2) is 4.98 Å². The van der Waals surface area contributed by atoms with Gasteiger partial charge in [0.05, 0.1) is 0 Å². The van der Waals surface area contributed by atoms with Crippen molar-refractivity contribution in [3.05, 3.63) is 22.9 Å². The van der Waals surface area contributed by atoms with Crippen LogP contribution in [0.25, 0.3) is 0 Å². The van der Waals surface area contributed by atoms with E-state index in [4.69, 9.17) is 0 Å². The quantitative estimate of drug-likeness (QED) is 0.766. The highest BCUT2D eigenvalue weighted by molar-refractivity contribution is 6.01. The molecule has 2 aromatic heterocycles. The summed E-state index contributed by atoms with van der Waals surface area (Å²) in [5.74, 6) is 1.16. The number of carbonyl (C=O) groups is 1. The van der Waals surface area contributed by atoms with E-state index in [1.54, 1.807) is 0 Å². The van der Waals surface area contributed by atoms with Gasteiger partial charge in [-0.1, -0.05) is 13.8 Å². The van der Waals surface area contributed by atoms with Crippen LogP contribution in [0.2, 0.25) is 0 Å². The second-order valence-corrected chi connectivity index (χ2v) is 4.48. The average Bonchev–Trinajstić information content (AvgIpc) is 2.91. The molecule has 0 radical (unpaired) electrons. The SMILES string of the molecule is Cc1[nH]nc(NC(=O)c2n[nH]c(C(C)C)n2)c1C. The fourth-order valence-electron chi connectivity index (χ4n) is 1.40. The Morgan fingerprint density at radius 2 is 1.94 bits per heavy atom. The lowest BCUT2D eigenvalue weighted by atomic mass is 10.2. The number of aromatic nitrogens is 5. The molecule has 18 heavy (non-hydrogen) atoms. The Kier molecular flexibility index (Phi) is 3.14. The number of nitrogens with zero attached hydrogens (tertiary/aromatic N) is 3. The molecule has 1 amide bonds. The standard InChI is InChI=1S/C11H16N6O/c1-5(2)8-12-10(17-15-8)11(18)13-9-6(3)7(4)14-16-9/h5H,1-4H3,(H,12,15,17)(H2,13,14,16,18). The van der Waals surface area contributed by atoms with Crippen molar-refractivity contribution in [1.29, 1.82) is 0 Å². The molecular formula is C11H16N6O. The number of hydrogen-bond acceptors (Lipinski definition) is 4. The minimum absolute atomic E-state index is 0.124. The molecule has 0 saturated heterocycles. The molecule has 7 heteroatoms. The van der Waals surface area contributed by atoms with E-state index < -0.39 is 0 Å². The first kappa shape index (κ1) is 12.3. The average molecular weight is 248 g/mol. The zero-order valence-corrected chi connectivity index (χ0v) is 10.8. The van der Waals surface area contributed by atoms with E-state index in [2.05, 4.69) is 30.7 Å². The highest BCUT2D eigenvalue weighted by Gasteiger charge is 2.16. The fourth-order valence-corrected chi connectivity index (χ4v) is 1.40. The maximum atomic E-state index is 11.9. The van der Waals surface area contributed by atoms with E-state index in [0.717, 1.165) is 11.3 Å². The number of carbonyl (C=O) groups excluding carboxylic acids is 1. The number of hydrogen-bond donors (Lipinski definition) is 3. The first-order valence-corrected chi connectivity index (χ1v) is 5.74. The predicted molar refractivity (Wildman–Crippen MR) is 66.5 cm³/mol. The van der Waals surface area contributed by atoms with Gasteiger partial charge in [-0.15, -0.1) is 5.10 Å². The second-order valence-electron chi connectivity index (χ2n) is 4.48. The molecule has 96 valence electrons. The molecule has 0 aromatic carbocycles. The van der Waals surface area contributed by atoms with Crippen LogP contribution in [0.5, 0.6) is 0 Å². The summed E-state index contributed by atoms with van der Waals surface area (Å²) in [5.41, 5.74) is 1.83. The number of H-pyrrole nitrogens is 2. The summed E-state index contributed by atoms with van der Waals surface area (Å²) in [6.45, 7) is 7.72. The number of amides is 1. The van der Waals surface area contributed by atoms with E-state index in [1.807, 2.05) is 27.7 Å². The Balaban J connectivity index is 2.14. The Morgan fingerprint density at radius 1 is 1.22 bits per heavy atom. The maximum Gasteiger partial charge on any atom is 0.296 e. The van der Waals surface area contributed by atoms with Crippen LogP contribution in [-0.2, 0) is 0 Å². The van der Waals surface area contributed by atoms with Crippen LogP contribution in [0.4, 0.5) is 5.82 Å². The van der Waals surface area contributed by atoms with Gasteiger partial charge in [0, 0.05) is 17.2 Å². The topological polar surface area (TPSA) is 99.4 Å². The molecular weight excluding hydrogens is 232 g/mol. The van der Waals surface area contributed by atoms with Crippen LogP contribution < -0.4 is 5.32 Å². The summed E-state index contributed by atoms with van der Waals surface area (Å²) in [5, 5.41) is 16.1. The molecule has 0 fully saturated rings. The lowest BCUT2D eigenvalue weighted by Gasteiger charge is -1.99. The summed E-state index contributed by atoms with van der Waals surface area (Å²) in [4.78, 5) is 16.0. The van der Waals surface area contributed by atoms with Crippen molar-refractivity contribution in [2.24, 2.45) is 0 Å². The maximum absolute atomic E-state index is 11.9. The fraction of sp³-hybridized carbons (Fsp3) is 0.455. The summed E-state index contributed by atoms with van der Waals surface area (Å²) >= 11 is 0. The van der Waals surface area contributed by atoms with Gasteiger partial charge in [0.15, 0.2) is 5.82 Å².